The molecule has 0 heterocycles. The van der Waals surface area contributed by atoms with Gasteiger partial charge in [-0.05, 0) is 47.0 Å². The predicted molar refractivity (Wildman–Crippen MR) is 99.5 cm³/mol. The van der Waals surface area contributed by atoms with Gasteiger partial charge in [0.25, 0.3) is 0 Å². The SMILES string of the molecule is CCO[PH](=O)Oc1ccc(-c2ccc3ccccc3c2)cc1O.[NaH]. The van der Waals surface area contributed by atoms with Crippen molar-refractivity contribution in [3.05, 3.63) is 60.7 Å². The number of rotatable bonds is 5. The summed E-state index contributed by atoms with van der Waals surface area (Å²) >= 11 is 0. The summed E-state index contributed by atoms with van der Waals surface area (Å²) in [6.45, 7) is 2.03. The molecule has 0 aliphatic carbocycles. The Hall–Kier alpha value is -1.29. The molecule has 3 aromatic carbocycles. The van der Waals surface area contributed by atoms with Gasteiger partial charge in [0, 0.05) is 0 Å². The quantitative estimate of drug-likeness (QED) is 0.547. The van der Waals surface area contributed by atoms with E-state index < -0.39 is 8.25 Å². The fourth-order valence-corrected chi connectivity index (χ4v) is 3.04. The van der Waals surface area contributed by atoms with Gasteiger partial charge in [-0.2, -0.15) is 0 Å². The minimum atomic E-state index is -2.63. The van der Waals surface area contributed by atoms with Crippen molar-refractivity contribution >= 4 is 48.6 Å². The van der Waals surface area contributed by atoms with Gasteiger partial charge in [0.1, 0.15) is 0 Å². The van der Waals surface area contributed by atoms with E-state index >= 15 is 0 Å². The van der Waals surface area contributed by atoms with Crippen LogP contribution in [-0.4, -0.2) is 41.3 Å². The fourth-order valence-electron chi connectivity index (χ4n) is 2.39. The zero-order valence-corrected chi connectivity index (χ0v) is 13.7. The first-order valence-corrected chi connectivity index (χ1v) is 8.56. The Morgan fingerprint density at radius 3 is 2.33 bits per heavy atom. The standard InChI is InChI=1S/C18H17O4P.Na.H/c1-2-21-23(20)22-18-10-9-16(12-17(18)19)15-8-7-13-5-3-4-6-14(13)11-15;;/h3-12,19,23H,2H2,1H3;;. The van der Waals surface area contributed by atoms with Crippen LogP contribution in [0.25, 0.3) is 21.9 Å². The van der Waals surface area contributed by atoms with Crippen molar-refractivity contribution in [3.63, 3.8) is 0 Å². The van der Waals surface area contributed by atoms with Gasteiger partial charge in [-0.15, -0.1) is 0 Å². The van der Waals surface area contributed by atoms with Crippen LogP contribution in [0.15, 0.2) is 60.7 Å². The molecule has 3 rings (SSSR count). The van der Waals surface area contributed by atoms with Crippen molar-refractivity contribution in [2.24, 2.45) is 0 Å². The summed E-state index contributed by atoms with van der Waals surface area (Å²) in [6.07, 6.45) is 0. The monoisotopic (exact) mass is 352 g/mol. The fraction of sp³-hybridized carbons (Fsp3) is 0.111. The summed E-state index contributed by atoms with van der Waals surface area (Å²) in [5, 5.41) is 12.4. The second-order valence-electron chi connectivity index (χ2n) is 5.03. The van der Waals surface area contributed by atoms with Gasteiger partial charge in [-0.3, -0.25) is 0 Å². The van der Waals surface area contributed by atoms with Crippen LogP contribution >= 0.6 is 8.25 Å². The van der Waals surface area contributed by atoms with E-state index in [2.05, 4.69) is 12.1 Å². The van der Waals surface area contributed by atoms with E-state index in [1.807, 2.05) is 36.4 Å². The maximum absolute atomic E-state index is 11.5. The van der Waals surface area contributed by atoms with Crippen LogP contribution < -0.4 is 4.52 Å². The van der Waals surface area contributed by atoms with Gasteiger partial charge < -0.3 is 14.2 Å². The molecule has 120 valence electrons. The molecule has 1 N–H and O–H groups in total. The molecular formula is C18H18NaO4P. The van der Waals surface area contributed by atoms with E-state index in [4.69, 9.17) is 9.05 Å². The Balaban J connectivity index is 0.00000208. The van der Waals surface area contributed by atoms with Crippen molar-refractivity contribution < 1.29 is 18.7 Å². The molecule has 1 atom stereocenters. The molecule has 0 radical (unpaired) electrons. The van der Waals surface area contributed by atoms with Crippen molar-refractivity contribution in [1.82, 2.24) is 0 Å². The molecule has 0 fully saturated rings. The van der Waals surface area contributed by atoms with E-state index in [1.165, 1.54) is 0 Å². The van der Waals surface area contributed by atoms with Crippen molar-refractivity contribution in [2.45, 2.75) is 6.92 Å². The van der Waals surface area contributed by atoms with Crippen LogP contribution in [0.4, 0.5) is 0 Å². The van der Waals surface area contributed by atoms with Crippen LogP contribution in [0.5, 0.6) is 11.5 Å². The number of fused-ring (bicyclic) bond motifs is 1. The Morgan fingerprint density at radius 1 is 0.958 bits per heavy atom. The van der Waals surface area contributed by atoms with Gasteiger partial charge in [0.15, 0.2) is 11.5 Å². The zero-order chi connectivity index (χ0) is 16.2. The van der Waals surface area contributed by atoms with Gasteiger partial charge in [-0.1, -0.05) is 42.5 Å². The molecule has 0 saturated carbocycles. The van der Waals surface area contributed by atoms with Crippen LogP contribution in [0.1, 0.15) is 6.92 Å². The van der Waals surface area contributed by atoms with E-state index in [1.54, 1.807) is 19.1 Å². The maximum atomic E-state index is 11.5. The Bertz CT molecular complexity index is 867. The summed E-state index contributed by atoms with van der Waals surface area (Å²) < 4.78 is 21.5. The van der Waals surface area contributed by atoms with Crippen LogP contribution in [0.2, 0.25) is 0 Å². The van der Waals surface area contributed by atoms with Crippen molar-refractivity contribution in [1.29, 1.82) is 0 Å². The molecule has 6 heteroatoms. The summed E-state index contributed by atoms with van der Waals surface area (Å²) in [7, 11) is -2.63. The first-order valence-electron chi connectivity index (χ1n) is 7.34. The number of hydrogen-bond donors (Lipinski definition) is 1. The third-order valence-electron chi connectivity index (χ3n) is 3.50. The molecule has 0 spiro atoms. The molecule has 0 aliphatic heterocycles. The molecule has 0 aromatic heterocycles. The number of phenols is 1. The zero-order valence-electron chi connectivity index (χ0n) is 12.7. The minimum absolute atomic E-state index is 0. The number of aromatic hydroxyl groups is 1. The van der Waals surface area contributed by atoms with Gasteiger partial charge >= 0.3 is 37.8 Å². The summed E-state index contributed by atoms with van der Waals surface area (Å²) in [5.41, 5.74) is 1.85. The Morgan fingerprint density at radius 2 is 1.62 bits per heavy atom. The number of hydrogen-bond acceptors (Lipinski definition) is 4. The number of phenolic OH excluding ortho intramolecular Hbond substituents is 1. The topological polar surface area (TPSA) is 55.8 Å². The molecule has 0 amide bonds. The van der Waals surface area contributed by atoms with E-state index in [9.17, 15) is 9.67 Å². The average Bonchev–Trinajstić information content (AvgIpc) is 2.56. The van der Waals surface area contributed by atoms with E-state index in [0.29, 0.717) is 6.61 Å². The Labute approximate surface area is 163 Å². The normalized spacial score (nSPS) is 11.7. The third kappa shape index (κ3) is 4.41. The molecule has 24 heavy (non-hydrogen) atoms. The molecule has 3 aromatic rings. The summed E-state index contributed by atoms with van der Waals surface area (Å²) in [4.78, 5) is 0. The van der Waals surface area contributed by atoms with Crippen LogP contribution in [-0.2, 0) is 9.09 Å². The third-order valence-corrected chi connectivity index (χ3v) is 4.41. The van der Waals surface area contributed by atoms with Gasteiger partial charge in [0.05, 0.1) is 6.61 Å². The van der Waals surface area contributed by atoms with Gasteiger partial charge in [-0.25, -0.2) is 4.57 Å². The van der Waals surface area contributed by atoms with Crippen LogP contribution in [0, 0.1) is 0 Å². The second kappa shape index (κ2) is 8.70. The summed E-state index contributed by atoms with van der Waals surface area (Å²) in [5.74, 6) is 0.0978. The number of benzene rings is 3. The van der Waals surface area contributed by atoms with Crippen molar-refractivity contribution in [2.75, 3.05) is 6.61 Å². The molecular weight excluding hydrogens is 334 g/mol. The molecule has 4 nitrogen and oxygen atoms in total. The van der Waals surface area contributed by atoms with Gasteiger partial charge in [0.2, 0.25) is 0 Å². The average molecular weight is 352 g/mol. The van der Waals surface area contributed by atoms with Crippen LogP contribution in [0.3, 0.4) is 0 Å². The first-order chi connectivity index (χ1) is 11.2. The molecule has 1 unspecified atom stereocenters. The second-order valence-corrected chi connectivity index (χ2v) is 6.02. The Kier molecular flexibility index (Phi) is 6.90. The molecule has 0 aliphatic rings. The van der Waals surface area contributed by atoms with Crippen molar-refractivity contribution in [3.8, 4) is 22.6 Å². The predicted octanol–water partition coefficient (Wildman–Crippen LogP) is 4.37. The van der Waals surface area contributed by atoms with E-state index in [0.717, 1.165) is 21.9 Å². The molecule has 0 saturated heterocycles. The first kappa shape index (κ1) is 19.0. The summed E-state index contributed by atoms with van der Waals surface area (Å²) in [6, 6.07) is 19.2. The van der Waals surface area contributed by atoms with E-state index in [-0.39, 0.29) is 41.1 Å². The molecule has 0 bridgehead atoms.